The summed E-state index contributed by atoms with van der Waals surface area (Å²) in [5, 5.41) is 0. The molecule has 2 N–H and O–H groups in total. The first-order chi connectivity index (χ1) is 9.15. The quantitative estimate of drug-likeness (QED) is 0.839. The standard InChI is InChI=1S/C16H20N2O/c1-12(13-9-10-13)18(2)16(19)15-8-4-3-6-14(15)7-5-11-17/h3-4,6,8,12-13H,9-11,17H2,1-2H3. The number of nitrogens with two attached hydrogens (primary N) is 1. The summed E-state index contributed by atoms with van der Waals surface area (Å²) < 4.78 is 0. The fraction of sp³-hybridized carbons (Fsp3) is 0.438. The molecular weight excluding hydrogens is 236 g/mol. The molecule has 0 saturated heterocycles. The number of hydrogen-bond donors (Lipinski definition) is 1. The van der Waals surface area contributed by atoms with Crippen molar-refractivity contribution in [3.8, 4) is 11.8 Å². The van der Waals surface area contributed by atoms with E-state index in [1.807, 2.05) is 36.2 Å². The van der Waals surface area contributed by atoms with E-state index >= 15 is 0 Å². The Morgan fingerprint density at radius 3 is 2.79 bits per heavy atom. The molecule has 19 heavy (non-hydrogen) atoms. The molecule has 1 unspecified atom stereocenters. The molecule has 0 aromatic heterocycles. The second kappa shape index (κ2) is 5.90. The summed E-state index contributed by atoms with van der Waals surface area (Å²) in [5.41, 5.74) is 6.81. The molecule has 3 heteroatoms. The van der Waals surface area contributed by atoms with E-state index in [2.05, 4.69) is 18.8 Å². The zero-order valence-electron chi connectivity index (χ0n) is 11.5. The van der Waals surface area contributed by atoms with E-state index in [0.717, 1.165) is 5.56 Å². The molecule has 2 rings (SSSR count). The van der Waals surface area contributed by atoms with Gasteiger partial charge in [-0.1, -0.05) is 24.0 Å². The molecule has 0 bridgehead atoms. The number of hydrogen-bond acceptors (Lipinski definition) is 2. The monoisotopic (exact) mass is 256 g/mol. The van der Waals surface area contributed by atoms with E-state index in [4.69, 9.17) is 5.73 Å². The molecule has 1 atom stereocenters. The molecule has 1 fully saturated rings. The molecule has 0 radical (unpaired) electrons. The molecule has 0 spiro atoms. The number of amides is 1. The average Bonchev–Trinajstić information content (AvgIpc) is 3.27. The summed E-state index contributed by atoms with van der Waals surface area (Å²) >= 11 is 0. The Bertz CT molecular complexity index is 523. The number of rotatable bonds is 3. The van der Waals surface area contributed by atoms with Crippen molar-refractivity contribution in [2.24, 2.45) is 11.7 Å². The van der Waals surface area contributed by atoms with Crippen LogP contribution in [0.25, 0.3) is 0 Å². The van der Waals surface area contributed by atoms with Gasteiger partial charge in [0.05, 0.1) is 12.1 Å². The zero-order valence-corrected chi connectivity index (χ0v) is 11.5. The number of carbonyl (C=O) groups excluding carboxylic acids is 1. The fourth-order valence-electron chi connectivity index (χ4n) is 2.19. The van der Waals surface area contributed by atoms with Crippen LogP contribution in [0.5, 0.6) is 0 Å². The van der Waals surface area contributed by atoms with Crippen molar-refractivity contribution in [1.82, 2.24) is 4.90 Å². The van der Waals surface area contributed by atoms with Gasteiger partial charge in [0.2, 0.25) is 0 Å². The van der Waals surface area contributed by atoms with E-state index in [-0.39, 0.29) is 5.91 Å². The minimum absolute atomic E-state index is 0.0429. The topological polar surface area (TPSA) is 46.3 Å². The van der Waals surface area contributed by atoms with Gasteiger partial charge in [0, 0.05) is 18.7 Å². The van der Waals surface area contributed by atoms with Crippen LogP contribution in [-0.4, -0.2) is 30.4 Å². The molecule has 0 heterocycles. The summed E-state index contributed by atoms with van der Waals surface area (Å²) in [6.07, 6.45) is 2.46. The lowest BCUT2D eigenvalue weighted by molar-refractivity contribution is 0.0727. The van der Waals surface area contributed by atoms with Gasteiger partial charge >= 0.3 is 0 Å². The van der Waals surface area contributed by atoms with Gasteiger partial charge in [-0.15, -0.1) is 0 Å². The van der Waals surface area contributed by atoms with Gasteiger partial charge < -0.3 is 10.6 Å². The Morgan fingerprint density at radius 1 is 1.47 bits per heavy atom. The third-order valence-corrected chi connectivity index (χ3v) is 3.72. The van der Waals surface area contributed by atoms with Crippen molar-refractivity contribution in [3.63, 3.8) is 0 Å². The van der Waals surface area contributed by atoms with Gasteiger partial charge in [0.25, 0.3) is 5.91 Å². The molecule has 1 saturated carbocycles. The highest BCUT2D eigenvalue weighted by Crippen LogP contribution is 2.35. The van der Waals surface area contributed by atoms with Crippen LogP contribution >= 0.6 is 0 Å². The molecule has 1 aromatic carbocycles. The maximum Gasteiger partial charge on any atom is 0.255 e. The first-order valence-electron chi connectivity index (χ1n) is 6.70. The Labute approximate surface area is 114 Å². The van der Waals surface area contributed by atoms with Crippen LogP contribution in [0.15, 0.2) is 24.3 Å². The first-order valence-corrected chi connectivity index (χ1v) is 6.70. The molecule has 1 aliphatic carbocycles. The van der Waals surface area contributed by atoms with E-state index in [1.165, 1.54) is 12.8 Å². The van der Waals surface area contributed by atoms with Crippen molar-refractivity contribution in [3.05, 3.63) is 35.4 Å². The van der Waals surface area contributed by atoms with Gasteiger partial charge in [-0.2, -0.15) is 0 Å². The van der Waals surface area contributed by atoms with Crippen molar-refractivity contribution in [1.29, 1.82) is 0 Å². The lowest BCUT2D eigenvalue weighted by atomic mass is 10.1. The molecule has 0 aliphatic heterocycles. The van der Waals surface area contributed by atoms with Crippen LogP contribution < -0.4 is 5.73 Å². The van der Waals surface area contributed by atoms with Gasteiger partial charge in [0.1, 0.15) is 0 Å². The third kappa shape index (κ3) is 3.15. The predicted molar refractivity (Wildman–Crippen MR) is 76.7 cm³/mol. The summed E-state index contributed by atoms with van der Waals surface area (Å²) in [7, 11) is 1.87. The molecule has 100 valence electrons. The van der Waals surface area contributed by atoms with E-state index in [0.29, 0.717) is 24.1 Å². The van der Waals surface area contributed by atoms with Crippen LogP contribution in [0.4, 0.5) is 0 Å². The highest BCUT2D eigenvalue weighted by atomic mass is 16.2. The Hall–Kier alpha value is -1.79. The largest absolute Gasteiger partial charge is 0.339 e. The van der Waals surface area contributed by atoms with Crippen molar-refractivity contribution in [2.75, 3.05) is 13.6 Å². The second-order valence-electron chi connectivity index (χ2n) is 5.05. The number of carbonyl (C=O) groups is 1. The van der Waals surface area contributed by atoms with Crippen LogP contribution in [0, 0.1) is 17.8 Å². The summed E-state index contributed by atoms with van der Waals surface area (Å²) in [5.74, 6) is 6.49. The first kappa shape index (κ1) is 13.6. The summed E-state index contributed by atoms with van der Waals surface area (Å²) in [6.45, 7) is 2.42. The van der Waals surface area contributed by atoms with Gasteiger partial charge in [-0.05, 0) is 37.8 Å². The maximum absolute atomic E-state index is 12.5. The van der Waals surface area contributed by atoms with Gasteiger partial charge in [0.15, 0.2) is 0 Å². The van der Waals surface area contributed by atoms with E-state index in [9.17, 15) is 4.79 Å². The van der Waals surface area contributed by atoms with Crippen LogP contribution in [0.3, 0.4) is 0 Å². The average molecular weight is 256 g/mol. The SMILES string of the molecule is CC(C1CC1)N(C)C(=O)c1ccccc1C#CCN. The van der Waals surface area contributed by atoms with Gasteiger partial charge in [-0.25, -0.2) is 0 Å². The van der Waals surface area contributed by atoms with Crippen molar-refractivity contribution in [2.45, 2.75) is 25.8 Å². The van der Waals surface area contributed by atoms with E-state index < -0.39 is 0 Å². The molecule has 1 aliphatic rings. The molecule has 3 nitrogen and oxygen atoms in total. The lowest BCUT2D eigenvalue weighted by Crippen LogP contribution is -2.36. The minimum Gasteiger partial charge on any atom is -0.339 e. The van der Waals surface area contributed by atoms with Gasteiger partial charge in [-0.3, -0.25) is 4.79 Å². The normalized spacial score (nSPS) is 15.3. The molecule has 1 aromatic rings. The molecule has 1 amide bonds. The molecular formula is C16H20N2O. The Morgan fingerprint density at radius 2 is 2.16 bits per heavy atom. The second-order valence-corrected chi connectivity index (χ2v) is 5.05. The summed E-state index contributed by atoms with van der Waals surface area (Å²) in [6, 6.07) is 7.76. The van der Waals surface area contributed by atoms with Crippen LogP contribution in [0.2, 0.25) is 0 Å². The van der Waals surface area contributed by atoms with E-state index in [1.54, 1.807) is 0 Å². The van der Waals surface area contributed by atoms with Crippen molar-refractivity contribution >= 4 is 5.91 Å². The summed E-state index contributed by atoms with van der Waals surface area (Å²) in [4.78, 5) is 14.4. The number of benzene rings is 1. The highest BCUT2D eigenvalue weighted by Gasteiger charge is 2.33. The highest BCUT2D eigenvalue weighted by molar-refractivity contribution is 5.96. The van der Waals surface area contributed by atoms with Crippen LogP contribution in [-0.2, 0) is 0 Å². The predicted octanol–water partition coefficient (Wildman–Crippen LogP) is 1.87. The Kier molecular flexibility index (Phi) is 4.24. The zero-order chi connectivity index (χ0) is 13.8. The number of nitrogens with zero attached hydrogens (tertiary/aromatic N) is 1. The van der Waals surface area contributed by atoms with Crippen LogP contribution in [0.1, 0.15) is 35.7 Å². The smallest absolute Gasteiger partial charge is 0.255 e. The lowest BCUT2D eigenvalue weighted by Gasteiger charge is -2.25. The van der Waals surface area contributed by atoms with Crippen molar-refractivity contribution < 1.29 is 4.79 Å². The fourth-order valence-corrected chi connectivity index (χ4v) is 2.19. The minimum atomic E-state index is 0.0429. The third-order valence-electron chi connectivity index (χ3n) is 3.72. The Balaban J connectivity index is 2.22. The maximum atomic E-state index is 12.5.